The van der Waals surface area contributed by atoms with Crippen LogP contribution in [-0.2, 0) is 9.59 Å². The minimum atomic E-state index is -0.123. The van der Waals surface area contributed by atoms with Crippen LogP contribution >= 0.6 is 23.2 Å². The number of amides is 2. The Labute approximate surface area is 168 Å². The molecule has 2 amide bonds. The molecule has 0 aliphatic carbocycles. The number of carbonyl (C=O) groups excluding carboxylic acids is 2. The third kappa shape index (κ3) is 5.31. The third-order valence-electron chi connectivity index (χ3n) is 4.46. The second kappa shape index (κ2) is 9.02. The summed E-state index contributed by atoms with van der Waals surface area (Å²) in [5.74, 6) is 0.265. The molecule has 1 fully saturated rings. The molecule has 0 saturated carbocycles. The van der Waals surface area contributed by atoms with Crippen molar-refractivity contribution in [1.29, 1.82) is 0 Å². The molecule has 1 aromatic heterocycles. The van der Waals surface area contributed by atoms with Gasteiger partial charge in [-0.3, -0.25) is 9.59 Å². The van der Waals surface area contributed by atoms with Crippen molar-refractivity contribution in [3.05, 3.63) is 64.3 Å². The number of rotatable bonds is 4. The maximum Gasteiger partial charge on any atom is 0.246 e. The molecule has 1 N–H and O–H groups in total. The van der Waals surface area contributed by atoms with Crippen molar-refractivity contribution >= 4 is 46.9 Å². The topological polar surface area (TPSA) is 62.3 Å². The van der Waals surface area contributed by atoms with Crippen molar-refractivity contribution in [3.63, 3.8) is 0 Å². The van der Waals surface area contributed by atoms with Crippen molar-refractivity contribution in [2.75, 3.05) is 18.4 Å². The van der Waals surface area contributed by atoms with Crippen molar-refractivity contribution < 1.29 is 9.59 Å². The number of aromatic nitrogens is 1. The first-order chi connectivity index (χ1) is 13.0. The molecule has 1 aliphatic rings. The smallest absolute Gasteiger partial charge is 0.246 e. The number of benzene rings is 1. The van der Waals surface area contributed by atoms with Crippen LogP contribution in [0, 0.1) is 5.92 Å². The second-order valence-corrected chi connectivity index (χ2v) is 7.15. The monoisotopic (exact) mass is 403 g/mol. The van der Waals surface area contributed by atoms with Gasteiger partial charge in [-0.05, 0) is 54.8 Å². The molecule has 2 heterocycles. The van der Waals surface area contributed by atoms with Crippen LogP contribution in [0.5, 0.6) is 0 Å². The molecule has 140 valence electrons. The molecule has 2 aromatic rings. The lowest BCUT2D eigenvalue weighted by Gasteiger charge is -2.30. The first-order valence-electron chi connectivity index (χ1n) is 8.67. The Morgan fingerprint density at radius 2 is 1.93 bits per heavy atom. The van der Waals surface area contributed by atoms with E-state index in [0.717, 1.165) is 0 Å². The van der Waals surface area contributed by atoms with Gasteiger partial charge in [0.05, 0.1) is 0 Å². The molecule has 1 saturated heterocycles. The lowest BCUT2D eigenvalue weighted by Crippen LogP contribution is -2.40. The van der Waals surface area contributed by atoms with E-state index in [4.69, 9.17) is 23.2 Å². The molecule has 7 heteroatoms. The Morgan fingerprint density at radius 1 is 1.15 bits per heavy atom. The highest BCUT2D eigenvalue weighted by Crippen LogP contribution is 2.23. The lowest BCUT2D eigenvalue weighted by molar-refractivity contribution is -0.130. The summed E-state index contributed by atoms with van der Waals surface area (Å²) in [5.41, 5.74) is 0.696. The summed E-state index contributed by atoms with van der Waals surface area (Å²) in [4.78, 5) is 30.5. The average molecular weight is 404 g/mol. The number of pyridine rings is 1. The molecule has 27 heavy (non-hydrogen) atoms. The third-order valence-corrected chi connectivity index (χ3v) is 5.04. The number of halogens is 2. The van der Waals surface area contributed by atoms with Gasteiger partial charge in [0, 0.05) is 41.3 Å². The van der Waals surface area contributed by atoms with Crippen molar-refractivity contribution in [2.24, 2.45) is 5.92 Å². The maximum atomic E-state index is 12.4. The summed E-state index contributed by atoms with van der Waals surface area (Å²) in [6.45, 7) is 1.07. The Bertz CT molecular complexity index is 848. The number of anilines is 1. The van der Waals surface area contributed by atoms with Crippen LogP contribution in [0.1, 0.15) is 18.4 Å². The fourth-order valence-electron chi connectivity index (χ4n) is 2.94. The fourth-order valence-corrected chi connectivity index (χ4v) is 3.30. The number of piperidine rings is 1. The zero-order chi connectivity index (χ0) is 19.2. The Kier molecular flexibility index (Phi) is 6.48. The zero-order valence-corrected chi connectivity index (χ0v) is 16.1. The van der Waals surface area contributed by atoms with Gasteiger partial charge in [0.1, 0.15) is 5.82 Å². The summed E-state index contributed by atoms with van der Waals surface area (Å²) in [6, 6.07) is 10.5. The van der Waals surface area contributed by atoms with Crippen LogP contribution in [-0.4, -0.2) is 34.8 Å². The lowest BCUT2D eigenvalue weighted by atomic mass is 9.96. The van der Waals surface area contributed by atoms with Gasteiger partial charge < -0.3 is 10.2 Å². The molecule has 5 nitrogen and oxygen atoms in total. The molecule has 0 atom stereocenters. The van der Waals surface area contributed by atoms with Crippen LogP contribution in [0.2, 0.25) is 10.0 Å². The summed E-state index contributed by atoms with van der Waals surface area (Å²) in [5, 5.41) is 3.92. The van der Waals surface area contributed by atoms with Crippen LogP contribution < -0.4 is 5.32 Å². The first-order valence-corrected chi connectivity index (χ1v) is 9.42. The molecule has 0 unspecified atom stereocenters. The van der Waals surface area contributed by atoms with E-state index in [1.54, 1.807) is 47.5 Å². The van der Waals surface area contributed by atoms with Crippen LogP contribution in [0.4, 0.5) is 5.82 Å². The van der Waals surface area contributed by atoms with Gasteiger partial charge in [0.15, 0.2) is 0 Å². The molecule has 0 radical (unpaired) electrons. The zero-order valence-electron chi connectivity index (χ0n) is 14.6. The average Bonchev–Trinajstić information content (AvgIpc) is 2.69. The Morgan fingerprint density at radius 3 is 2.63 bits per heavy atom. The van der Waals surface area contributed by atoms with E-state index in [1.807, 2.05) is 6.07 Å². The van der Waals surface area contributed by atoms with Gasteiger partial charge in [-0.15, -0.1) is 0 Å². The summed E-state index contributed by atoms with van der Waals surface area (Å²) >= 11 is 12.1. The van der Waals surface area contributed by atoms with Gasteiger partial charge >= 0.3 is 0 Å². The first kappa shape index (κ1) is 19.4. The molecular formula is C20H19Cl2N3O2. The van der Waals surface area contributed by atoms with E-state index < -0.39 is 0 Å². The quantitative estimate of drug-likeness (QED) is 0.774. The molecule has 0 bridgehead atoms. The molecule has 3 rings (SSSR count). The van der Waals surface area contributed by atoms with Crippen molar-refractivity contribution in [3.8, 4) is 0 Å². The SMILES string of the molecule is O=C(Nc1ccccn1)C1CCN(C(=O)/C=C\c2cc(Cl)ccc2Cl)CC1. The summed E-state index contributed by atoms with van der Waals surface area (Å²) in [7, 11) is 0. The minimum Gasteiger partial charge on any atom is -0.339 e. The number of nitrogens with one attached hydrogen (secondary N) is 1. The molecular weight excluding hydrogens is 385 g/mol. The van der Waals surface area contributed by atoms with Gasteiger partial charge in [-0.25, -0.2) is 4.98 Å². The highest BCUT2D eigenvalue weighted by atomic mass is 35.5. The number of hydrogen-bond acceptors (Lipinski definition) is 3. The van der Waals surface area contributed by atoms with E-state index in [1.165, 1.54) is 6.08 Å². The highest BCUT2D eigenvalue weighted by molar-refractivity contribution is 6.34. The maximum absolute atomic E-state index is 12.4. The van der Waals surface area contributed by atoms with Gasteiger partial charge in [0.25, 0.3) is 0 Å². The van der Waals surface area contributed by atoms with Crippen molar-refractivity contribution in [2.45, 2.75) is 12.8 Å². The van der Waals surface area contributed by atoms with E-state index in [2.05, 4.69) is 10.3 Å². The van der Waals surface area contributed by atoms with Gasteiger partial charge in [-0.2, -0.15) is 0 Å². The molecule has 0 spiro atoms. The summed E-state index contributed by atoms with van der Waals surface area (Å²) < 4.78 is 0. The molecule has 1 aliphatic heterocycles. The number of nitrogens with zero attached hydrogens (tertiary/aromatic N) is 2. The van der Waals surface area contributed by atoms with E-state index in [-0.39, 0.29) is 17.7 Å². The van der Waals surface area contributed by atoms with Gasteiger partial charge in [0.2, 0.25) is 11.8 Å². The predicted octanol–water partition coefficient (Wildman–Crippen LogP) is 4.28. The standard InChI is InChI=1S/C20H19Cl2N3O2/c21-16-5-6-17(22)15(13-16)4-7-19(26)25-11-8-14(9-12-25)20(27)24-18-3-1-2-10-23-18/h1-7,10,13-14H,8-9,11-12H2,(H,23,24,27)/b7-4-. The minimum absolute atomic E-state index is 0.0537. The van der Waals surface area contributed by atoms with Gasteiger partial charge in [-0.1, -0.05) is 29.3 Å². The number of hydrogen-bond donors (Lipinski definition) is 1. The van der Waals surface area contributed by atoms with Crippen molar-refractivity contribution in [1.82, 2.24) is 9.88 Å². The fraction of sp³-hybridized carbons (Fsp3) is 0.250. The summed E-state index contributed by atoms with van der Waals surface area (Å²) in [6.07, 6.45) is 6.03. The van der Waals surface area contributed by atoms with E-state index in [0.29, 0.717) is 47.4 Å². The number of likely N-dealkylation sites (tertiary alicyclic amines) is 1. The van der Waals surface area contributed by atoms with Crippen LogP contribution in [0.25, 0.3) is 6.08 Å². The second-order valence-electron chi connectivity index (χ2n) is 6.30. The highest BCUT2D eigenvalue weighted by Gasteiger charge is 2.26. The van der Waals surface area contributed by atoms with E-state index in [9.17, 15) is 9.59 Å². The Hall–Kier alpha value is -2.37. The van der Waals surface area contributed by atoms with E-state index >= 15 is 0 Å². The van der Waals surface area contributed by atoms with Crippen LogP contribution in [0.15, 0.2) is 48.7 Å². The molecule has 1 aromatic carbocycles. The largest absolute Gasteiger partial charge is 0.339 e. The normalized spacial score (nSPS) is 15.1. The number of carbonyl (C=O) groups is 2. The Balaban J connectivity index is 1.52. The van der Waals surface area contributed by atoms with Crippen LogP contribution in [0.3, 0.4) is 0 Å². The predicted molar refractivity (Wildman–Crippen MR) is 108 cm³/mol.